The Morgan fingerprint density at radius 3 is 2.41 bits per heavy atom. The number of hydrogen-bond donors (Lipinski definition) is 1. The summed E-state index contributed by atoms with van der Waals surface area (Å²) >= 11 is 0. The van der Waals surface area contributed by atoms with Crippen LogP contribution in [0.5, 0.6) is 11.5 Å². The summed E-state index contributed by atoms with van der Waals surface area (Å²) in [7, 11) is 3.30. The predicted octanol–water partition coefficient (Wildman–Crippen LogP) is 4.51. The topological polar surface area (TPSA) is 50.8 Å². The lowest BCUT2D eigenvalue weighted by atomic mass is 10.0. The molecule has 5 nitrogen and oxygen atoms in total. The first kappa shape index (κ1) is 18.9. The van der Waals surface area contributed by atoms with Crippen molar-refractivity contribution >= 4 is 11.6 Å². The van der Waals surface area contributed by atoms with Crippen LogP contribution in [0.3, 0.4) is 0 Å². The number of ether oxygens (including phenoxy) is 2. The third-order valence-electron chi connectivity index (χ3n) is 5.23. The second-order valence-electron chi connectivity index (χ2n) is 6.97. The molecule has 0 fully saturated rings. The van der Waals surface area contributed by atoms with Crippen LogP contribution in [0.2, 0.25) is 0 Å². The predicted molar refractivity (Wildman–Crippen MR) is 114 cm³/mol. The number of carbonyl (C=O) groups is 1. The molecule has 0 aliphatic carbocycles. The fraction of sp³-hybridized carbons (Fsp3) is 0.208. The summed E-state index contributed by atoms with van der Waals surface area (Å²) in [5, 5.41) is 3.53. The van der Waals surface area contributed by atoms with E-state index in [1.165, 1.54) is 0 Å². The van der Waals surface area contributed by atoms with Crippen LogP contribution in [-0.2, 0) is 6.42 Å². The summed E-state index contributed by atoms with van der Waals surface area (Å²) in [5.74, 6) is 1.62. The van der Waals surface area contributed by atoms with E-state index in [-0.39, 0.29) is 12.1 Å². The van der Waals surface area contributed by atoms with E-state index in [1.54, 1.807) is 14.2 Å². The molecule has 0 unspecified atom stereocenters. The molecule has 0 spiro atoms. The Hall–Kier alpha value is -3.47. The van der Waals surface area contributed by atoms with Crippen molar-refractivity contribution < 1.29 is 14.3 Å². The Balaban J connectivity index is 1.63. The zero-order chi connectivity index (χ0) is 20.2. The van der Waals surface area contributed by atoms with Gasteiger partial charge in [0, 0.05) is 12.2 Å². The number of fused-ring (bicyclic) bond motifs is 1. The van der Waals surface area contributed by atoms with Crippen LogP contribution in [0, 0.1) is 0 Å². The molecule has 1 aliphatic rings. The molecule has 1 atom stereocenters. The molecule has 0 bridgehead atoms. The number of para-hydroxylation sites is 1. The first-order valence-corrected chi connectivity index (χ1v) is 9.63. The van der Waals surface area contributed by atoms with Crippen LogP contribution < -0.4 is 14.8 Å². The van der Waals surface area contributed by atoms with Gasteiger partial charge in [0.1, 0.15) is 17.7 Å². The monoisotopic (exact) mass is 388 g/mol. The Bertz CT molecular complexity index is 1000. The molecule has 1 amide bonds. The van der Waals surface area contributed by atoms with Crippen molar-refractivity contribution in [3.8, 4) is 11.5 Å². The Labute approximate surface area is 170 Å². The summed E-state index contributed by atoms with van der Waals surface area (Å²) in [5.41, 5.74) is 3.69. The molecule has 3 aromatic rings. The lowest BCUT2D eigenvalue weighted by molar-refractivity contribution is 0.0685. The maximum atomic E-state index is 13.3. The summed E-state index contributed by atoms with van der Waals surface area (Å²) < 4.78 is 10.6. The standard InChI is InChI=1S/C24H24N2O3/c1-28-19-12-10-17(11-13-19)14-15-26-23(18-6-5-7-20(16-18)29-2)25-22-9-4-3-8-21(22)24(26)27/h3-13,16,23,25H,14-15H2,1-2H3/t23-/m0/s1. The van der Waals surface area contributed by atoms with Gasteiger partial charge in [-0.1, -0.05) is 36.4 Å². The molecule has 0 saturated heterocycles. The van der Waals surface area contributed by atoms with Crippen LogP contribution >= 0.6 is 0 Å². The lowest BCUT2D eigenvalue weighted by Crippen LogP contribution is -2.44. The van der Waals surface area contributed by atoms with E-state index < -0.39 is 0 Å². The average Bonchev–Trinajstić information content (AvgIpc) is 2.78. The van der Waals surface area contributed by atoms with Gasteiger partial charge in [-0.15, -0.1) is 0 Å². The molecule has 1 heterocycles. The van der Waals surface area contributed by atoms with Gasteiger partial charge in [-0.05, 0) is 53.9 Å². The number of nitrogens with one attached hydrogen (secondary N) is 1. The molecule has 148 valence electrons. The Morgan fingerprint density at radius 1 is 0.897 bits per heavy atom. The minimum absolute atomic E-state index is 0.0284. The minimum atomic E-state index is -0.259. The molecule has 0 radical (unpaired) electrons. The van der Waals surface area contributed by atoms with E-state index in [0.717, 1.165) is 34.7 Å². The van der Waals surface area contributed by atoms with Crippen molar-refractivity contribution in [2.45, 2.75) is 12.6 Å². The van der Waals surface area contributed by atoms with Crippen molar-refractivity contribution in [3.05, 3.63) is 89.5 Å². The highest BCUT2D eigenvalue weighted by atomic mass is 16.5. The van der Waals surface area contributed by atoms with Gasteiger partial charge in [0.2, 0.25) is 0 Å². The third-order valence-corrected chi connectivity index (χ3v) is 5.23. The summed E-state index contributed by atoms with van der Waals surface area (Å²) in [4.78, 5) is 15.2. The minimum Gasteiger partial charge on any atom is -0.497 e. The van der Waals surface area contributed by atoms with Crippen LogP contribution in [0.1, 0.15) is 27.7 Å². The fourth-order valence-corrected chi connectivity index (χ4v) is 3.64. The van der Waals surface area contributed by atoms with Crippen molar-refractivity contribution in [3.63, 3.8) is 0 Å². The number of hydrogen-bond acceptors (Lipinski definition) is 4. The smallest absolute Gasteiger partial charge is 0.257 e. The molecule has 1 N–H and O–H groups in total. The molecule has 5 heteroatoms. The SMILES string of the molecule is COc1ccc(CCN2C(=O)c3ccccc3N[C@@H]2c2cccc(OC)c2)cc1. The van der Waals surface area contributed by atoms with Crippen LogP contribution in [0.25, 0.3) is 0 Å². The fourth-order valence-electron chi connectivity index (χ4n) is 3.64. The van der Waals surface area contributed by atoms with E-state index in [4.69, 9.17) is 9.47 Å². The number of nitrogens with zero attached hydrogens (tertiary/aromatic N) is 1. The highest BCUT2D eigenvalue weighted by Crippen LogP contribution is 2.34. The van der Waals surface area contributed by atoms with E-state index in [0.29, 0.717) is 12.1 Å². The molecule has 1 aliphatic heterocycles. The summed E-state index contributed by atoms with van der Waals surface area (Å²) in [6.07, 6.45) is 0.491. The van der Waals surface area contributed by atoms with E-state index in [9.17, 15) is 4.79 Å². The number of carbonyl (C=O) groups excluding carboxylic acids is 1. The molecule has 4 rings (SSSR count). The van der Waals surface area contributed by atoms with Gasteiger partial charge >= 0.3 is 0 Å². The number of anilines is 1. The van der Waals surface area contributed by atoms with Gasteiger partial charge in [-0.3, -0.25) is 4.79 Å². The van der Waals surface area contributed by atoms with Crippen molar-refractivity contribution in [1.82, 2.24) is 4.90 Å². The van der Waals surface area contributed by atoms with Gasteiger partial charge in [0.15, 0.2) is 0 Å². The maximum absolute atomic E-state index is 13.3. The Morgan fingerprint density at radius 2 is 1.66 bits per heavy atom. The summed E-state index contributed by atoms with van der Waals surface area (Å²) in [6.45, 7) is 0.592. The first-order valence-electron chi connectivity index (χ1n) is 9.63. The zero-order valence-electron chi connectivity index (χ0n) is 16.6. The van der Waals surface area contributed by atoms with E-state index in [1.807, 2.05) is 77.7 Å². The van der Waals surface area contributed by atoms with Crippen molar-refractivity contribution in [2.24, 2.45) is 0 Å². The van der Waals surface area contributed by atoms with Gasteiger partial charge in [-0.25, -0.2) is 0 Å². The second-order valence-corrected chi connectivity index (χ2v) is 6.97. The average molecular weight is 388 g/mol. The van der Waals surface area contributed by atoms with Gasteiger partial charge < -0.3 is 19.7 Å². The molecule has 0 saturated carbocycles. The number of amides is 1. The summed E-state index contributed by atoms with van der Waals surface area (Å²) in [6, 6.07) is 23.5. The van der Waals surface area contributed by atoms with E-state index >= 15 is 0 Å². The van der Waals surface area contributed by atoms with Gasteiger partial charge in [0.25, 0.3) is 5.91 Å². The normalized spacial score (nSPS) is 15.4. The quantitative estimate of drug-likeness (QED) is 0.675. The molecule has 29 heavy (non-hydrogen) atoms. The third kappa shape index (κ3) is 3.90. The highest BCUT2D eigenvalue weighted by molar-refractivity contribution is 6.01. The van der Waals surface area contributed by atoms with Crippen LogP contribution in [-0.4, -0.2) is 31.6 Å². The number of methoxy groups -OCH3 is 2. The number of benzene rings is 3. The zero-order valence-corrected chi connectivity index (χ0v) is 16.6. The molecular weight excluding hydrogens is 364 g/mol. The van der Waals surface area contributed by atoms with Gasteiger partial charge in [-0.2, -0.15) is 0 Å². The molecular formula is C24H24N2O3. The number of rotatable bonds is 6. The second kappa shape index (κ2) is 8.27. The Kier molecular flexibility index (Phi) is 5.38. The largest absolute Gasteiger partial charge is 0.497 e. The van der Waals surface area contributed by atoms with Crippen LogP contribution in [0.15, 0.2) is 72.8 Å². The van der Waals surface area contributed by atoms with Crippen LogP contribution in [0.4, 0.5) is 5.69 Å². The lowest BCUT2D eigenvalue weighted by Gasteiger charge is -2.38. The molecule has 0 aromatic heterocycles. The van der Waals surface area contributed by atoms with Crippen molar-refractivity contribution in [1.29, 1.82) is 0 Å². The van der Waals surface area contributed by atoms with E-state index in [2.05, 4.69) is 5.32 Å². The first-order chi connectivity index (χ1) is 14.2. The highest BCUT2D eigenvalue weighted by Gasteiger charge is 2.32. The molecule has 3 aromatic carbocycles. The maximum Gasteiger partial charge on any atom is 0.257 e. The van der Waals surface area contributed by atoms with Gasteiger partial charge in [0.05, 0.1) is 19.8 Å². The van der Waals surface area contributed by atoms with Crippen molar-refractivity contribution in [2.75, 3.05) is 26.1 Å².